The number of hydrogen-bond acceptors (Lipinski definition) is 5. The molecule has 5 heteroatoms. The third-order valence-corrected chi connectivity index (χ3v) is 2.73. The Morgan fingerprint density at radius 1 is 0.923 bits per heavy atom. The van der Waals surface area contributed by atoms with Gasteiger partial charge in [0.2, 0.25) is 0 Å². The molecule has 3 saturated heterocycles. The van der Waals surface area contributed by atoms with Crippen LogP contribution in [0.2, 0.25) is 0 Å². The topological polar surface area (TPSA) is 46.2 Å². The first-order chi connectivity index (χ1) is 6.45. The van der Waals surface area contributed by atoms with Gasteiger partial charge >= 0.3 is 0 Å². The number of hydrogen-bond donors (Lipinski definition) is 0. The lowest BCUT2D eigenvalue weighted by Crippen LogP contribution is -2.30. The summed E-state index contributed by atoms with van der Waals surface area (Å²) in [7, 11) is 0. The lowest BCUT2D eigenvalue weighted by Gasteiger charge is -2.15. The average molecular weight is 188 g/mol. The van der Waals surface area contributed by atoms with Gasteiger partial charge in [-0.05, 0) is 0 Å². The molecule has 0 aromatic rings. The molecule has 4 unspecified atom stereocenters. The lowest BCUT2D eigenvalue weighted by molar-refractivity contribution is -0.135. The first-order valence-corrected chi connectivity index (χ1v) is 4.49. The Bertz CT molecular complexity index is 197. The van der Waals surface area contributed by atoms with Crippen molar-refractivity contribution in [1.82, 2.24) is 0 Å². The highest BCUT2D eigenvalue weighted by Crippen LogP contribution is 2.35. The summed E-state index contributed by atoms with van der Waals surface area (Å²) in [5.41, 5.74) is 0. The molecular weight excluding hydrogens is 176 g/mol. The summed E-state index contributed by atoms with van der Waals surface area (Å²) < 4.78 is 26.8. The van der Waals surface area contributed by atoms with Crippen molar-refractivity contribution in [3.05, 3.63) is 0 Å². The summed E-state index contributed by atoms with van der Waals surface area (Å²) >= 11 is 0. The second kappa shape index (κ2) is 3.18. The van der Waals surface area contributed by atoms with Crippen molar-refractivity contribution in [3.8, 4) is 0 Å². The van der Waals surface area contributed by atoms with Gasteiger partial charge in [-0.25, -0.2) is 0 Å². The first-order valence-electron chi connectivity index (χ1n) is 4.49. The Morgan fingerprint density at radius 3 is 2.85 bits per heavy atom. The molecule has 5 nitrogen and oxygen atoms in total. The van der Waals surface area contributed by atoms with Gasteiger partial charge in [0.15, 0.2) is 13.1 Å². The van der Waals surface area contributed by atoms with Gasteiger partial charge in [-0.2, -0.15) is 0 Å². The Morgan fingerprint density at radius 2 is 1.85 bits per heavy atom. The zero-order chi connectivity index (χ0) is 8.67. The minimum atomic E-state index is -0.208. The second-order valence-electron chi connectivity index (χ2n) is 3.48. The van der Waals surface area contributed by atoms with Crippen molar-refractivity contribution in [3.63, 3.8) is 0 Å². The highest BCUT2D eigenvalue weighted by Gasteiger charge is 2.49. The average Bonchev–Trinajstić information content (AvgIpc) is 2.61. The highest BCUT2D eigenvalue weighted by molar-refractivity contribution is 4.90. The summed E-state index contributed by atoms with van der Waals surface area (Å²) in [4.78, 5) is 0. The maximum Gasteiger partial charge on any atom is 0.187 e. The van der Waals surface area contributed by atoms with E-state index in [1.807, 2.05) is 0 Å². The quantitative estimate of drug-likeness (QED) is 0.522. The zero-order valence-corrected chi connectivity index (χ0v) is 7.18. The number of fused-ring (bicyclic) bond motifs is 3. The predicted octanol–water partition coefficient (Wildman–Crippen LogP) is -0.295. The molecule has 0 saturated carbocycles. The fraction of sp³-hybridized carbons (Fsp3) is 1.00. The Balaban J connectivity index is 1.77. The molecule has 0 aromatic carbocycles. The van der Waals surface area contributed by atoms with Crippen LogP contribution in [0.25, 0.3) is 0 Å². The summed E-state index contributed by atoms with van der Waals surface area (Å²) in [6, 6.07) is 0. The van der Waals surface area contributed by atoms with Crippen LogP contribution in [0.3, 0.4) is 0 Å². The third-order valence-electron chi connectivity index (χ3n) is 2.73. The van der Waals surface area contributed by atoms with E-state index in [-0.39, 0.29) is 24.4 Å². The van der Waals surface area contributed by atoms with Crippen LogP contribution in [0.4, 0.5) is 0 Å². The van der Waals surface area contributed by atoms with E-state index in [1.165, 1.54) is 0 Å². The van der Waals surface area contributed by atoms with Gasteiger partial charge in [-0.3, -0.25) is 0 Å². The van der Waals surface area contributed by atoms with Gasteiger partial charge < -0.3 is 23.7 Å². The van der Waals surface area contributed by atoms with E-state index in [0.29, 0.717) is 26.8 Å². The van der Waals surface area contributed by atoms with Crippen molar-refractivity contribution >= 4 is 0 Å². The van der Waals surface area contributed by atoms with Gasteiger partial charge in [0.25, 0.3) is 0 Å². The van der Waals surface area contributed by atoms with E-state index >= 15 is 0 Å². The van der Waals surface area contributed by atoms with Gasteiger partial charge in [0.1, 0.15) is 12.9 Å². The molecule has 4 atom stereocenters. The van der Waals surface area contributed by atoms with Crippen molar-refractivity contribution in [2.75, 3.05) is 26.8 Å². The Labute approximate surface area is 75.8 Å². The second-order valence-corrected chi connectivity index (χ2v) is 3.48. The molecule has 74 valence electrons. The molecule has 3 heterocycles. The van der Waals surface area contributed by atoms with Crippen LogP contribution in [-0.4, -0.2) is 45.3 Å². The van der Waals surface area contributed by atoms with Crippen LogP contribution in [0.1, 0.15) is 0 Å². The van der Waals surface area contributed by atoms with Crippen molar-refractivity contribution in [1.29, 1.82) is 0 Å². The molecule has 0 aromatic heterocycles. The SMILES string of the molecule is C1OCC2OC3OCOC3C2CO1. The molecule has 3 fully saturated rings. The van der Waals surface area contributed by atoms with Crippen LogP contribution >= 0.6 is 0 Å². The van der Waals surface area contributed by atoms with Crippen LogP contribution < -0.4 is 0 Å². The monoisotopic (exact) mass is 188 g/mol. The van der Waals surface area contributed by atoms with Gasteiger partial charge in [-0.1, -0.05) is 0 Å². The molecule has 0 radical (unpaired) electrons. The maximum atomic E-state index is 5.62. The van der Waals surface area contributed by atoms with Gasteiger partial charge in [0.05, 0.1) is 19.3 Å². The summed E-state index contributed by atoms with van der Waals surface area (Å²) in [6.45, 7) is 1.90. The lowest BCUT2D eigenvalue weighted by atomic mass is 10.0. The third kappa shape index (κ3) is 1.28. The predicted molar refractivity (Wildman–Crippen MR) is 39.7 cm³/mol. The van der Waals surface area contributed by atoms with Crippen LogP contribution in [0.5, 0.6) is 0 Å². The van der Waals surface area contributed by atoms with Crippen molar-refractivity contribution in [2.24, 2.45) is 5.92 Å². The van der Waals surface area contributed by atoms with Crippen molar-refractivity contribution in [2.45, 2.75) is 18.5 Å². The first kappa shape index (κ1) is 8.14. The van der Waals surface area contributed by atoms with E-state index in [2.05, 4.69) is 0 Å². The fourth-order valence-electron chi connectivity index (χ4n) is 2.06. The van der Waals surface area contributed by atoms with Crippen LogP contribution in [-0.2, 0) is 23.7 Å². The maximum absolute atomic E-state index is 5.62. The molecule has 0 N–H and O–H groups in total. The van der Waals surface area contributed by atoms with Gasteiger partial charge in [-0.15, -0.1) is 0 Å². The molecule has 0 bridgehead atoms. The summed E-state index contributed by atoms with van der Waals surface area (Å²) in [6.07, 6.45) is -0.107. The molecule has 0 amide bonds. The molecule has 3 rings (SSSR count). The fourth-order valence-corrected chi connectivity index (χ4v) is 2.06. The normalized spacial score (nSPS) is 49.8. The van der Waals surface area contributed by atoms with Crippen molar-refractivity contribution < 1.29 is 23.7 Å². The standard InChI is InChI=1S/C8H12O5/c1-5-6(2-10-3-9-1)13-8-7(5)11-4-12-8/h5-8H,1-4H2. The number of rotatable bonds is 0. The van der Waals surface area contributed by atoms with E-state index in [9.17, 15) is 0 Å². The van der Waals surface area contributed by atoms with Gasteiger partial charge in [0, 0.05) is 5.92 Å². The minimum absolute atomic E-state index is 0.0340. The van der Waals surface area contributed by atoms with E-state index in [4.69, 9.17) is 23.7 Å². The Kier molecular flexibility index (Phi) is 1.99. The molecule has 3 aliphatic rings. The number of ether oxygens (including phenoxy) is 5. The minimum Gasteiger partial charge on any atom is -0.355 e. The highest BCUT2D eigenvalue weighted by atomic mass is 16.8. The largest absolute Gasteiger partial charge is 0.355 e. The van der Waals surface area contributed by atoms with E-state index in [1.54, 1.807) is 0 Å². The summed E-state index contributed by atoms with van der Waals surface area (Å²) in [5.74, 6) is 0.259. The smallest absolute Gasteiger partial charge is 0.187 e. The molecule has 0 spiro atoms. The molecule has 0 aliphatic carbocycles. The zero-order valence-electron chi connectivity index (χ0n) is 7.18. The molecule has 13 heavy (non-hydrogen) atoms. The molecular formula is C8H12O5. The van der Waals surface area contributed by atoms with Crippen LogP contribution in [0.15, 0.2) is 0 Å². The summed E-state index contributed by atoms with van der Waals surface area (Å²) in [5, 5.41) is 0. The van der Waals surface area contributed by atoms with E-state index in [0.717, 1.165) is 0 Å². The Hall–Kier alpha value is -0.200. The molecule has 3 aliphatic heterocycles. The van der Waals surface area contributed by atoms with Crippen LogP contribution in [0, 0.1) is 5.92 Å². The van der Waals surface area contributed by atoms with E-state index < -0.39 is 0 Å².